The Labute approximate surface area is 187 Å². The minimum atomic E-state index is -0.978. The van der Waals surface area contributed by atoms with Gasteiger partial charge in [-0.15, -0.1) is 0 Å². The van der Waals surface area contributed by atoms with Crippen molar-refractivity contribution in [2.75, 3.05) is 10.6 Å². The Hall–Kier alpha value is -3.68. The number of hydrogen-bond acceptors (Lipinski definition) is 4. The van der Waals surface area contributed by atoms with Crippen LogP contribution in [0.3, 0.4) is 0 Å². The predicted octanol–water partition coefficient (Wildman–Crippen LogP) is 4.74. The van der Waals surface area contributed by atoms with Gasteiger partial charge in [0.1, 0.15) is 0 Å². The van der Waals surface area contributed by atoms with E-state index in [1.54, 1.807) is 24.3 Å². The van der Waals surface area contributed by atoms with Gasteiger partial charge in [-0.2, -0.15) is 0 Å². The molecule has 2 aromatic carbocycles. The van der Waals surface area contributed by atoms with E-state index in [1.165, 1.54) is 24.3 Å². The first kappa shape index (κ1) is 26.4. The maximum Gasteiger partial charge on any atom is 0.335 e. The van der Waals surface area contributed by atoms with Crippen molar-refractivity contribution in [1.29, 1.82) is 0 Å². The summed E-state index contributed by atoms with van der Waals surface area (Å²) in [5.74, 6) is -2.16. The molecule has 0 atom stereocenters. The van der Waals surface area contributed by atoms with Crippen LogP contribution in [0.15, 0.2) is 48.5 Å². The normalized spacial score (nSPS) is 10.9. The average molecular weight is 443 g/mol. The summed E-state index contributed by atoms with van der Waals surface area (Å²) < 4.78 is 0. The highest BCUT2D eigenvalue weighted by Gasteiger charge is 2.21. The van der Waals surface area contributed by atoms with E-state index in [2.05, 4.69) is 10.6 Å². The topological polar surface area (TPSA) is 133 Å². The summed E-state index contributed by atoms with van der Waals surface area (Å²) >= 11 is 0. The van der Waals surface area contributed by atoms with Gasteiger partial charge >= 0.3 is 11.9 Å². The molecule has 0 aliphatic rings. The van der Waals surface area contributed by atoms with E-state index >= 15 is 0 Å². The smallest absolute Gasteiger partial charge is 0.335 e. The van der Waals surface area contributed by atoms with Crippen LogP contribution in [0, 0.1) is 10.8 Å². The molecular formula is C24H30N2O6. The van der Waals surface area contributed by atoms with Crippen molar-refractivity contribution < 1.29 is 29.4 Å². The van der Waals surface area contributed by atoms with Gasteiger partial charge in [-0.3, -0.25) is 9.59 Å². The molecule has 0 aliphatic heterocycles. The second-order valence-corrected chi connectivity index (χ2v) is 9.17. The fourth-order valence-electron chi connectivity index (χ4n) is 2.03. The van der Waals surface area contributed by atoms with Gasteiger partial charge in [0, 0.05) is 22.2 Å². The number of rotatable bonds is 4. The number of carbonyl (C=O) groups is 4. The summed E-state index contributed by atoms with van der Waals surface area (Å²) in [6.45, 7) is 10.9. The van der Waals surface area contributed by atoms with Gasteiger partial charge < -0.3 is 20.8 Å². The van der Waals surface area contributed by atoms with Crippen LogP contribution in [0.1, 0.15) is 62.3 Å². The zero-order chi connectivity index (χ0) is 24.7. The predicted molar refractivity (Wildman–Crippen MR) is 123 cm³/mol. The maximum absolute atomic E-state index is 11.6. The van der Waals surface area contributed by atoms with Crippen LogP contribution >= 0.6 is 0 Å². The third-order valence-corrected chi connectivity index (χ3v) is 4.14. The van der Waals surface area contributed by atoms with Crippen LogP contribution in [-0.2, 0) is 9.59 Å². The lowest BCUT2D eigenvalue weighted by molar-refractivity contribution is -0.123. The Bertz CT molecular complexity index is 884. The zero-order valence-electron chi connectivity index (χ0n) is 19.1. The first-order valence-electron chi connectivity index (χ1n) is 9.91. The molecule has 172 valence electrons. The number of benzene rings is 2. The van der Waals surface area contributed by atoms with Crippen molar-refractivity contribution in [2.24, 2.45) is 10.8 Å². The molecule has 0 bridgehead atoms. The van der Waals surface area contributed by atoms with Crippen LogP contribution in [0.5, 0.6) is 0 Å². The molecule has 8 heteroatoms. The number of aromatic carboxylic acids is 2. The second-order valence-electron chi connectivity index (χ2n) is 9.17. The Morgan fingerprint density at radius 2 is 0.812 bits per heavy atom. The van der Waals surface area contributed by atoms with E-state index in [0.29, 0.717) is 11.4 Å². The summed E-state index contributed by atoms with van der Waals surface area (Å²) in [6, 6.07) is 12.1. The van der Waals surface area contributed by atoms with Crippen molar-refractivity contribution in [3.63, 3.8) is 0 Å². The summed E-state index contributed by atoms with van der Waals surface area (Å²) in [7, 11) is 0. The fraction of sp³-hybridized carbons (Fsp3) is 0.333. The van der Waals surface area contributed by atoms with Gasteiger partial charge in [-0.25, -0.2) is 9.59 Å². The van der Waals surface area contributed by atoms with Gasteiger partial charge in [0.25, 0.3) is 0 Å². The number of amides is 2. The van der Waals surface area contributed by atoms with Gasteiger partial charge in [0.2, 0.25) is 11.8 Å². The summed E-state index contributed by atoms with van der Waals surface area (Å²) in [5.41, 5.74) is 0.675. The van der Waals surface area contributed by atoms with Gasteiger partial charge in [0.15, 0.2) is 0 Å². The summed E-state index contributed by atoms with van der Waals surface area (Å²) in [4.78, 5) is 44.5. The molecule has 2 amide bonds. The van der Waals surface area contributed by atoms with Crippen LogP contribution in [0.25, 0.3) is 0 Å². The van der Waals surface area contributed by atoms with Crippen LogP contribution in [0.4, 0.5) is 11.4 Å². The molecule has 0 unspecified atom stereocenters. The van der Waals surface area contributed by atoms with E-state index in [0.717, 1.165) is 0 Å². The Kier molecular flexibility index (Phi) is 8.70. The quantitative estimate of drug-likeness (QED) is 0.541. The fourth-order valence-corrected chi connectivity index (χ4v) is 2.03. The number of nitrogens with one attached hydrogen (secondary N) is 2. The number of carbonyl (C=O) groups excluding carboxylic acids is 2. The van der Waals surface area contributed by atoms with Crippen molar-refractivity contribution in [3.05, 3.63) is 59.7 Å². The third kappa shape index (κ3) is 8.59. The molecule has 0 aromatic heterocycles. The molecule has 0 saturated heterocycles. The standard InChI is InChI=1S/2C12H15NO3/c2*1-12(2,3)11(16)13-9-6-4-8(5-7-9)10(14)15/h2*4-7H,1-3H3,(H,13,16)(H,14,15). The van der Waals surface area contributed by atoms with Crippen LogP contribution < -0.4 is 10.6 Å². The minimum Gasteiger partial charge on any atom is -0.478 e. The number of carboxylic acid groups (broad SMARTS) is 2. The van der Waals surface area contributed by atoms with E-state index in [1.807, 2.05) is 41.5 Å². The first-order valence-corrected chi connectivity index (χ1v) is 9.91. The van der Waals surface area contributed by atoms with E-state index < -0.39 is 22.8 Å². The van der Waals surface area contributed by atoms with E-state index in [9.17, 15) is 19.2 Å². The highest BCUT2D eigenvalue weighted by atomic mass is 16.4. The molecule has 0 saturated carbocycles. The largest absolute Gasteiger partial charge is 0.478 e. The Morgan fingerprint density at radius 3 is 1.00 bits per heavy atom. The maximum atomic E-state index is 11.6. The molecule has 0 aliphatic carbocycles. The number of carboxylic acids is 2. The SMILES string of the molecule is CC(C)(C)C(=O)Nc1ccc(C(=O)O)cc1.CC(C)(C)C(=O)Nc1ccc(C(=O)O)cc1. The first-order chi connectivity index (χ1) is 14.6. The third-order valence-electron chi connectivity index (χ3n) is 4.14. The molecule has 8 nitrogen and oxygen atoms in total. The highest BCUT2D eigenvalue weighted by Crippen LogP contribution is 2.18. The molecule has 0 radical (unpaired) electrons. The van der Waals surface area contributed by atoms with Crippen molar-refractivity contribution in [1.82, 2.24) is 0 Å². The lowest BCUT2D eigenvalue weighted by atomic mass is 9.95. The highest BCUT2D eigenvalue weighted by molar-refractivity contribution is 5.96. The number of anilines is 2. The molecule has 0 spiro atoms. The van der Waals surface area contributed by atoms with Gasteiger partial charge in [-0.05, 0) is 48.5 Å². The van der Waals surface area contributed by atoms with Crippen molar-refractivity contribution in [3.8, 4) is 0 Å². The Balaban J connectivity index is 0.000000320. The van der Waals surface area contributed by atoms with Gasteiger partial charge in [-0.1, -0.05) is 41.5 Å². The van der Waals surface area contributed by atoms with Gasteiger partial charge in [0.05, 0.1) is 11.1 Å². The molecular weight excluding hydrogens is 412 g/mol. The lowest BCUT2D eigenvalue weighted by Gasteiger charge is -2.17. The van der Waals surface area contributed by atoms with E-state index in [4.69, 9.17) is 10.2 Å². The van der Waals surface area contributed by atoms with Crippen LogP contribution in [0.2, 0.25) is 0 Å². The van der Waals surface area contributed by atoms with Crippen molar-refractivity contribution in [2.45, 2.75) is 41.5 Å². The Morgan fingerprint density at radius 1 is 0.562 bits per heavy atom. The molecule has 2 rings (SSSR count). The average Bonchev–Trinajstić information content (AvgIpc) is 2.68. The molecule has 4 N–H and O–H groups in total. The molecule has 32 heavy (non-hydrogen) atoms. The summed E-state index contributed by atoms with van der Waals surface area (Å²) in [6.07, 6.45) is 0. The summed E-state index contributed by atoms with van der Waals surface area (Å²) in [5, 5.41) is 22.8. The zero-order valence-corrected chi connectivity index (χ0v) is 19.1. The van der Waals surface area contributed by atoms with Crippen molar-refractivity contribution >= 4 is 35.1 Å². The second kappa shape index (κ2) is 10.6. The molecule has 2 aromatic rings. The number of hydrogen-bond donors (Lipinski definition) is 4. The lowest BCUT2D eigenvalue weighted by Crippen LogP contribution is -2.27. The molecule has 0 fully saturated rings. The van der Waals surface area contributed by atoms with E-state index in [-0.39, 0.29) is 22.9 Å². The molecule has 0 heterocycles. The monoisotopic (exact) mass is 442 g/mol. The van der Waals surface area contributed by atoms with Crippen LogP contribution in [-0.4, -0.2) is 34.0 Å². The minimum absolute atomic E-state index is 0.101.